The molecule has 0 atom stereocenters. The first-order chi connectivity index (χ1) is 15.0. The van der Waals surface area contributed by atoms with Gasteiger partial charge in [-0.15, -0.1) is 0 Å². The number of hydrogen-bond donors (Lipinski definition) is 3. The first-order valence-corrected chi connectivity index (χ1v) is 9.58. The molecule has 0 spiro atoms. The van der Waals surface area contributed by atoms with Crippen LogP contribution in [0.25, 0.3) is 10.9 Å². The van der Waals surface area contributed by atoms with Crippen LogP contribution in [0.3, 0.4) is 0 Å². The zero-order chi connectivity index (χ0) is 22.2. The van der Waals surface area contributed by atoms with Crippen LogP contribution in [0.4, 0.5) is 15.9 Å². The van der Waals surface area contributed by atoms with E-state index in [0.29, 0.717) is 40.5 Å². The van der Waals surface area contributed by atoms with Gasteiger partial charge in [0, 0.05) is 24.2 Å². The molecule has 2 aromatic carbocycles. The number of fused-ring (bicyclic) bond motifs is 1. The summed E-state index contributed by atoms with van der Waals surface area (Å²) >= 11 is 5.85. The summed E-state index contributed by atoms with van der Waals surface area (Å²) in [6.07, 6.45) is 1.32. The number of nitrogens with zero attached hydrogens (tertiary/aromatic N) is 2. The fraction of sp³-hybridized carbons (Fsp3) is 0.250. The van der Waals surface area contributed by atoms with Gasteiger partial charge >= 0.3 is 0 Å². The van der Waals surface area contributed by atoms with Crippen LogP contribution in [0.2, 0.25) is 5.02 Å². The van der Waals surface area contributed by atoms with Gasteiger partial charge < -0.3 is 19.5 Å². The van der Waals surface area contributed by atoms with E-state index in [1.54, 1.807) is 24.7 Å². The van der Waals surface area contributed by atoms with Crippen molar-refractivity contribution in [2.24, 2.45) is 0 Å². The van der Waals surface area contributed by atoms with Gasteiger partial charge in [0.1, 0.15) is 24.6 Å². The molecule has 0 bridgehead atoms. The van der Waals surface area contributed by atoms with Gasteiger partial charge in [0.05, 0.1) is 30.2 Å². The van der Waals surface area contributed by atoms with E-state index >= 15 is 0 Å². The number of halogens is 2. The van der Waals surface area contributed by atoms with Crippen LogP contribution < -0.4 is 20.3 Å². The Balaban J connectivity index is 1.93. The quantitative estimate of drug-likeness (QED) is 0.244. The molecule has 0 saturated heterocycles. The van der Waals surface area contributed by atoms with E-state index in [4.69, 9.17) is 31.0 Å². The standard InChI is InChI=1S/C20H20ClFN4O5/c1-29-6-7-31-18-10-16-13(9-17(18)30-5-4-19(27)26-28)20(24-11-23-16)25-12-2-3-15(22)14(21)8-12/h2-3,8-11,28H,4-7H2,1H3,(H,26,27)(H,23,24,25). The summed E-state index contributed by atoms with van der Waals surface area (Å²) in [5.74, 6) is 0.0866. The Kier molecular flexibility index (Phi) is 7.76. The maximum absolute atomic E-state index is 13.4. The normalized spacial score (nSPS) is 10.7. The molecule has 9 nitrogen and oxygen atoms in total. The lowest BCUT2D eigenvalue weighted by molar-refractivity contribution is -0.129. The summed E-state index contributed by atoms with van der Waals surface area (Å²) in [6, 6.07) is 7.57. The third kappa shape index (κ3) is 5.91. The molecule has 0 aliphatic rings. The molecular formula is C20H20ClFN4O5. The number of benzene rings is 2. The predicted octanol–water partition coefficient (Wildman–Crippen LogP) is 3.47. The molecule has 3 rings (SSSR count). The third-order valence-electron chi connectivity index (χ3n) is 4.14. The maximum atomic E-state index is 13.4. The molecule has 1 heterocycles. The van der Waals surface area contributed by atoms with E-state index in [1.165, 1.54) is 24.5 Å². The summed E-state index contributed by atoms with van der Waals surface area (Å²) in [4.78, 5) is 19.8. The topological polar surface area (TPSA) is 115 Å². The van der Waals surface area contributed by atoms with Crippen LogP contribution in [0, 0.1) is 5.82 Å². The highest BCUT2D eigenvalue weighted by atomic mass is 35.5. The Morgan fingerprint density at radius 1 is 1.13 bits per heavy atom. The number of amides is 1. The smallest absolute Gasteiger partial charge is 0.246 e. The average Bonchev–Trinajstić information content (AvgIpc) is 2.77. The van der Waals surface area contributed by atoms with E-state index in [-0.39, 0.29) is 24.7 Å². The Morgan fingerprint density at radius 2 is 1.90 bits per heavy atom. The highest BCUT2D eigenvalue weighted by Crippen LogP contribution is 2.35. The zero-order valence-electron chi connectivity index (χ0n) is 16.5. The van der Waals surface area contributed by atoms with Crippen LogP contribution in [0.5, 0.6) is 11.5 Å². The van der Waals surface area contributed by atoms with Gasteiger partial charge in [-0.05, 0) is 24.3 Å². The minimum atomic E-state index is -0.582. The zero-order valence-corrected chi connectivity index (χ0v) is 17.3. The summed E-state index contributed by atoms with van der Waals surface area (Å²) < 4.78 is 29.9. The van der Waals surface area contributed by atoms with Gasteiger partial charge in [-0.3, -0.25) is 10.0 Å². The largest absolute Gasteiger partial charge is 0.489 e. The number of nitrogens with one attached hydrogen (secondary N) is 2. The van der Waals surface area contributed by atoms with Gasteiger partial charge in [-0.1, -0.05) is 11.6 Å². The summed E-state index contributed by atoms with van der Waals surface area (Å²) in [5.41, 5.74) is 2.65. The minimum absolute atomic E-state index is 0.00254. The Morgan fingerprint density at radius 3 is 2.65 bits per heavy atom. The highest BCUT2D eigenvalue weighted by molar-refractivity contribution is 6.31. The molecule has 0 saturated carbocycles. The molecule has 0 aliphatic carbocycles. The second-order valence-electron chi connectivity index (χ2n) is 6.27. The fourth-order valence-corrected chi connectivity index (χ4v) is 2.82. The average molecular weight is 451 g/mol. The number of hydrogen-bond acceptors (Lipinski definition) is 8. The molecule has 0 unspecified atom stereocenters. The lowest BCUT2D eigenvalue weighted by Gasteiger charge is -2.15. The van der Waals surface area contributed by atoms with Crippen molar-refractivity contribution < 1.29 is 28.6 Å². The van der Waals surface area contributed by atoms with Gasteiger partial charge in [-0.25, -0.2) is 19.8 Å². The molecule has 0 fully saturated rings. The Labute approximate surface area is 182 Å². The molecule has 11 heteroatoms. The summed E-state index contributed by atoms with van der Waals surface area (Å²) in [5, 5.41) is 12.3. The summed E-state index contributed by atoms with van der Waals surface area (Å²) in [6.45, 7) is 0.647. The van der Waals surface area contributed by atoms with E-state index in [2.05, 4.69) is 15.3 Å². The van der Waals surface area contributed by atoms with Crippen molar-refractivity contribution in [2.45, 2.75) is 6.42 Å². The van der Waals surface area contributed by atoms with Gasteiger partial charge in [0.2, 0.25) is 5.91 Å². The molecule has 0 aliphatic heterocycles. The molecule has 164 valence electrons. The number of carbonyl (C=O) groups is 1. The van der Waals surface area contributed by atoms with Crippen LogP contribution in [-0.2, 0) is 9.53 Å². The van der Waals surface area contributed by atoms with Gasteiger partial charge in [0.15, 0.2) is 11.5 Å². The van der Waals surface area contributed by atoms with Crippen molar-refractivity contribution in [2.75, 3.05) is 32.2 Å². The van der Waals surface area contributed by atoms with Crippen molar-refractivity contribution in [3.8, 4) is 11.5 Å². The second kappa shape index (κ2) is 10.7. The molecule has 3 N–H and O–H groups in total. The van der Waals surface area contributed by atoms with Crippen molar-refractivity contribution in [1.82, 2.24) is 15.4 Å². The summed E-state index contributed by atoms with van der Waals surface area (Å²) in [7, 11) is 1.56. The van der Waals surface area contributed by atoms with Crippen LogP contribution in [0.15, 0.2) is 36.7 Å². The van der Waals surface area contributed by atoms with E-state index in [9.17, 15) is 9.18 Å². The number of rotatable bonds is 10. The highest BCUT2D eigenvalue weighted by Gasteiger charge is 2.14. The first kappa shape index (κ1) is 22.5. The second-order valence-corrected chi connectivity index (χ2v) is 6.67. The van der Waals surface area contributed by atoms with Crippen molar-refractivity contribution in [1.29, 1.82) is 0 Å². The van der Waals surface area contributed by atoms with E-state index in [0.717, 1.165) is 0 Å². The SMILES string of the molecule is COCCOc1cc2ncnc(Nc3ccc(F)c(Cl)c3)c2cc1OCCC(=O)NO. The molecular weight excluding hydrogens is 431 g/mol. The lowest BCUT2D eigenvalue weighted by atomic mass is 10.2. The number of carbonyl (C=O) groups excluding carboxylic acids is 1. The minimum Gasteiger partial charge on any atom is -0.489 e. The van der Waals surface area contributed by atoms with Crippen LogP contribution in [0.1, 0.15) is 6.42 Å². The van der Waals surface area contributed by atoms with Gasteiger partial charge in [-0.2, -0.15) is 0 Å². The molecule has 3 aromatic rings. The van der Waals surface area contributed by atoms with Crippen molar-refractivity contribution in [3.05, 3.63) is 47.5 Å². The number of aromatic nitrogens is 2. The number of ether oxygens (including phenoxy) is 3. The Hall–Kier alpha value is -3.21. The molecule has 0 radical (unpaired) electrons. The Bertz CT molecular complexity index is 1070. The van der Waals surface area contributed by atoms with Crippen molar-refractivity contribution >= 4 is 39.9 Å². The third-order valence-corrected chi connectivity index (χ3v) is 4.43. The van der Waals surface area contributed by atoms with Gasteiger partial charge in [0.25, 0.3) is 0 Å². The molecule has 31 heavy (non-hydrogen) atoms. The van der Waals surface area contributed by atoms with E-state index in [1.807, 2.05) is 0 Å². The molecule has 1 aromatic heterocycles. The number of hydroxylamine groups is 1. The van der Waals surface area contributed by atoms with E-state index < -0.39 is 11.7 Å². The maximum Gasteiger partial charge on any atom is 0.246 e. The number of methoxy groups -OCH3 is 1. The fourth-order valence-electron chi connectivity index (χ4n) is 2.64. The van der Waals surface area contributed by atoms with Crippen LogP contribution >= 0.6 is 11.6 Å². The lowest BCUT2D eigenvalue weighted by Crippen LogP contribution is -2.20. The van der Waals surface area contributed by atoms with Crippen molar-refractivity contribution in [3.63, 3.8) is 0 Å². The monoisotopic (exact) mass is 450 g/mol. The van der Waals surface area contributed by atoms with Crippen LogP contribution in [-0.4, -0.2) is 48.0 Å². The first-order valence-electron chi connectivity index (χ1n) is 9.20. The molecule has 1 amide bonds. The predicted molar refractivity (Wildman–Crippen MR) is 112 cm³/mol. The number of anilines is 2.